The van der Waals surface area contributed by atoms with Crippen molar-refractivity contribution >= 4 is 18.0 Å². The van der Waals surface area contributed by atoms with Crippen molar-refractivity contribution in [1.29, 1.82) is 0 Å². The standard InChI is InChI=1S/C26H33N3O5/c1-4-17(24(30)28-23(25(31)32)13-14-29(2)3)15-27-26(33)34-16-22-20-11-7-5-9-18(20)19-10-6-8-12-21(19)22/h5-12,17,22-23H,4,13-16H2,1-3H3,(H,27,33)(H,28,30)(H,31,32). The van der Waals surface area contributed by atoms with Crippen molar-refractivity contribution in [3.8, 4) is 11.1 Å². The zero-order valence-corrected chi connectivity index (χ0v) is 19.9. The molecule has 2 aromatic rings. The van der Waals surface area contributed by atoms with Gasteiger partial charge in [0.2, 0.25) is 5.91 Å². The fraction of sp³-hybridized carbons (Fsp3) is 0.423. The molecule has 34 heavy (non-hydrogen) atoms. The van der Waals surface area contributed by atoms with Crippen LogP contribution in [0.1, 0.15) is 36.8 Å². The molecule has 1 aliphatic carbocycles. The van der Waals surface area contributed by atoms with Gasteiger partial charge in [0.25, 0.3) is 0 Å². The molecule has 0 aromatic heterocycles. The first-order chi connectivity index (χ1) is 16.3. The summed E-state index contributed by atoms with van der Waals surface area (Å²) in [4.78, 5) is 38.4. The van der Waals surface area contributed by atoms with E-state index < -0.39 is 29.9 Å². The molecule has 0 fully saturated rings. The zero-order chi connectivity index (χ0) is 24.7. The summed E-state index contributed by atoms with van der Waals surface area (Å²) in [6, 6.07) is 15.2. The third-order valence-electron chi connectivity index (χ3n) is 6.18. The SMILES string of the molecule is CCC(CNC(=O)OCC1c2ccccc2-c2ccccc21)C(=O)NC(CCN(C)C)C(=O)O. The minimum absolute atomic E-state index is 0.0450. The molecule has 2 atom stereocenters. The molecule has 182 valence electrons. The van der Waals surface area contributed by atoms with Crippen LogP contribution in [-0.4, -0.2) is 67.8 Å². The van der Waals surface area contributed by atoms with Gasteiger partial charge >= 0.3 is 12.1 Å². The Kier molecular flexibility index (Phi) is 8.65. The molecule has 2 amide bonds. The molecule has 2 aromatic carbocycles. The Hall–Kier alpha value is -3.39. The van der Waals surface area contributed by atoms with Gasteiger partial charge in [-0.05, 0) is 49.2 Å². The number of carbonyl (C=O) groups excluding carboxylic acids is 2. The van der Waals surface area contributed by atoms with Crippen LogP contribution in [0, 0.1) is 5.92 Å². The summed E-state index contributed by atoms with van der Waals surface area (Å²) in [7, 11) is 3.68. The van der Waals surface area contributed by atoms with Gasteiger partial charge in [0.1, 0.15) is 12.6 Å². The van der Waals surface area contributed by atoms with Crippen LogP contribution >= 0.6 is 0 Å². The van der Waals surface area contributed by atoms with Crippen molar-refractivity contribution in [2.45, 2.75) is 31.7 Å². The largest absolute Gasteiger partial charge is 0.480 e. The van der Waals surface area contributed by atoms with Crippen molar-refractivity contribution in [1.82, 2.24) is 15.5 Å². The molecule has 8 nitrogen and oxygen atoms in total. The molecule has 3 N–H and O–H groups in total. The van der Waals surface area contributed by atoms with Crippen LogP contribution in [0.5, 0.6) is 0 Å². The van der Waals surface area contributed by atoms with E-state index in [4.69, 9.17) is 4.74 Å². The number of carboxylic acid groups (broad SMARTS) is 1. The van der Waals surface area contributed by atoms with E-state index in [2.05, 4.69) is 22.8 Å². The molecule has 3 rings (SSSR count). The predicted octanol–water partition coefficient (Wildman–Crippen LogP) is 3.07. The Morgan fingerprint density at radius 3 is 2.15 bits per heavy atom. The van der Waals surface area contributed by atoms with E-state index in [9.17, 15) is 19.5 Å². The van der Waals surface area contributed by atoms with E-state index in [1.807, 2.05) is 62.3 Å². The number of benzene rings is 2. The van der Waals surface area contributed by atoms with Crippen LogP contribution in [0.25, 0.3) is 11.1 Å². The number of alkyl carbamates (subject to hydrolysis) is 1. The summed E-state index contributed by atoms with van der Waals surface area (Å²) >= 11 is 0. The predicted molar refractivity (Wildman–Crippen MR) is 130 cm³/mol. The maximum Gasteiger partial charge on any atom is 0.407 e. The molecule has 0 bridgehead atoms. The Bertz CT molecular complexity index is 978. The number of ether oxygens (including phenoxy) is 1. The van der Waals surface area contributed by atoms with Crippen LogP contribution in [0.3, 0.4) is 0 Å². The van der Waals surface area contributed by atoms with E-state index >= 15 is 0 Å². The average molecular weight is 468 g/mol. The van der Waals surface area contributed by atoms with Crippen molar-refractivity contribution in [3.63, 3.8) is 0 Å². The second-order valence-electron chi connectivity index (χ2n) is 8.80. The van der Waals surface area contributed by atoms with Gasteiger partial charge in [-0.15, -0.1) is 0 Å². The lowest BCUT2D eigenvalue weighted by Crippen LogP contribution is -2.47. The number of nitrogens with zero attached hydrogens (tertiary/aromatic N) is 1. The second kappa shape index (κ2) is 11.7. The van der Waals surface area contributed by atoms with Gasteiger partial charge in [-0.1, -0.05) is 55.5 Å². The Morgan fingerprint density at radius 1 is 1.03 bits per heavy atom. The van der Waals surface area contributed by atoms with E-state index in [0.717, 1.165) is 22.3 Å². The van der Waals surface area contributed by atoms with Crippen molar-refractivity contribution < 1.29 is 24.2 Å². The molecule has 0 radical (unpaired) electrons. The van der Waals surface area contributed by atoms with E-state index in [0.29, 0.717) is 19.4 Å². The first kappa shape index (κ1) is 25.2. The summed E-state index contributed by atoms with van der Waals surface area (Å²) in [5.41, 5.74) is 4.55. The minimum Gasteiger partial charge on any atom is -0.480 e. The monoisotopic (exact) mass is 467 g/mol. The van der Waals surface area contributed by atoms with Crippen molar-refractivity contribution in [2.75, 3.05) is 33.8 Å². The first-order valence-electron chi connectivity index (χ1n) is 11.6. The van der Waals surface area contributed by atoms with E-state index in [1.165, 1.54) is 0 Å². The number of aliphatic carboxylic acids is 1. The summed E-state index contributed by atoms with van der Waals surface area (Å²) in [6.45, 7) is 2.61. The number of amides is 2. The first-order valence-corrected chi connectivity index (χ1v) is 11.6. The third-order valence-corrected chi connectivity index (χ3v) is 6.18. The highest BCUT2D eigenvalue weighted by Gasteiger charge is 2.29. The number of nitrogens with one attached hydrogen (secondary N) is 2. The average Bonchev–Trinajstić information content (AvgIpc) is 3.14. The van der Waals surface area contributed by atoms with Gasteiger partial charge in [0.15, 0.2) is 0 Å². The molecule has 0 heterocycles. The highest BCUT2D eigenvalue weighted by Crippen LogP contribution is 2.44. The number of carbonyl (C=O) groups is 3. The number of fused-ring (bicyclic) bond motifs is 3. The number of rotatable bonds is 11. The van der Waals surface area contributed by atoms with Crippen LogP contribution in [0.4, 0.5) is 4.79 Å². The molecule has 0 saturated carbocycles. The van der Waals surface area contributed by atoms with Gasteiger partial charge in [-0.2, -0.15) is 0 Å². The van der Waals surface area contributed by atoms with Gasteiger partial charge in [0.05, 0.1) is 5.92 Å². The van der Waals surface area contributed by atoms with Crippen LogP contribution in [-0.2, 0) is 14.3 Å². The lowest BCUT2D eigenvalue weighted by molar-refractivity contribution is -0.142. The molecule has 1 aliphatic rings. The third kappa shape index (κ3) is 6.14. The summed E-state index contributed by atoms with van der Waals surface area (Å²) in [5.74, 6) is -2.07. The lowest BCUT2D eigenvalue weighted by Gasteiger charge is -2.21. The summed E-state index contributed by atoms with van der Waals surface area (Å²) < 4.78 is 5.52. The Morgan fingerprint density at radius 2 is 1.62 bits per heavy atom. The molecule has 0 spiro atoms. The van der Waals surface area contributed by atoms with Crippen molar-refractivity contribution in [2.24, 2.45) is 5.92 Å². The molecular weight excluding hydrogens is 434 g/mol. The molecule has 8 heteroatoms. The van der Waals surface area contributed by atoms with Crippen LogP contribution in [0.2, 0.25) is 0 Å². The maximum absolute atomic E-state index is 12.6. The minimum atomic E-state index is -1.07. The molecule has 0 aliphatic heterocycles. The van der Waals surface area contributed by atoms with Crippen LogP contribution < -0.4 is 10.6 Å². The fourth-order valence-corrected chi connectivity index (χ4v) is 4.21. The Labute approximate surface area is 200 Å². The molecular formula is C26H33N3O5. The highest BCUT2D eigenvalue weighted by atomic mass is 16.5. The van der Waals surface area contributed by atoms with E-state index in [-0.39, 0.29) is 19.1 Å². The summed E-state index contributed by atoms with van der Waals surface area (Å²) in [6.07, 6.45) is 0.148. The number of carboxylic acids is 1. The second-order valence-corrected chi connectivity index (χ2v) is 8.80. The van der Waals surface area contributed by atoms with Gasteiger partial charge in [0, 0.05) is 19.0 Å². The van der Waals surface area contributed by atoms with Gasteiger partial charge in [-0.25, -0.2) is 9.59 Å². The topological polar surface area (TPSA) is 108 Å². The van der Waals surface area contributed by atoms with Crippen LogP contribution in [0.15, 0.2) is 48.5 Å². The highest BCUT2D eigenvalue weighted by molar-refractivity contribution is 5.85. The smallest absolute Gasteiger partial charge is 0.407 e. The molecule has 0 saturated heterocycles. The zero-order valence-electron chi connectivity index (χ0n) is 19.9. The number of hydrogen-bond donors (Lipinski definition) is 3. The maximum atomic E-state index is 12.6. The normalized spacial score (nSPS) is 14.1. The fourth-order valence-electron chi connectivity index (χ4n) is 4.21. The summed E-state index contributed by atoms with van der Waals surface area (Å²) in [5, 5.41) is 14.6. The lowest BCUT2D eigenvalue weighted by atomic mass is 9.98. The van der Waals surface area contributed by atoms with Gasteiger partial charge in [-0.3, -0.25) is 4.79 Å². The quantitative estimate of drug-likeness (QED) is 0.469. The van der Waals surface area contributed by atoms with Crippen molar-refractivity contribution in [3.05, 3.63) is 59.7 Å². The van der Waals surface area contributed by atoms with Gasteiger partial charge < -0.3 is 25.4 Å². The number of hydrogen-bond acceptors (Lipinski definition) is 5. The Balaban J connectivity index is 1.53. The molecule has 2 unspecified atom stereocenters. The van der Waals surface area contributed by atoms with E-state index in [1.54, 1.807) is 0 Å².